The second kappa shape index (κ2) is 8.78. The zero-order chi connectivity index (χ0) is 23.7. The number of ether oxygens (including phenoxy) is 3. The number of aromatic carboxylic acids is 1. The van der Waals surface area contributed by atoms with E-state index in [2.05, 4.69) is 0 Å². The Labute approximate surface area is 186 Å². The first-order valence-electron chi connectivity index (χ1n) is 9.70. The topological polar surface area (TPSA) is 69.9 Å². The Morgan fingerprint density at radius 3 is 2.36 bits per heavy atom. The Morgan fingerprint density at radius 1 is 0.939 bits per heavy atom. The molecule has 0 unspecified atom stereocenters. The fourth-order valence-corrected chi connectivity index (χ4v) is 3.58. The number of halogens is 3. The summed E-state index contributed by atoms with van der Waals surface area (Å²) in [6.07, 6.45) is 1.30. The fraction of sp³-hybridized carbons (Fsp3) is 0.125. The lowest BCUT2D eigenvalue weighted by atomic mass is 10.2. The first-order valence-corrected chi connectivity index (χ1v) is 9.70. The van der Waals surface area contributed by atoms with Crippen LogP contribution in [0.25, 0.3) is 16.6 Å². The van der Waals surface area contributed by atoms with Gasteiger partial charge in [0.2, 0.25) is 0 Å². The molecule has 0 spiro atoms. The van der Waals surface area contributed by atoms with Crippen molar-refractivity contribution in [2.75, 3.05) is 14.2 Å². The second-order valence-corrected chi connectivity index (χ2v) is 7.02. The minimum absolute atomic E-state index is 0.00476. The maximum Gasteiger partial charge on any atom is 0.337 e. The summed E-state index contributed by atoms with van der Waals surface area (Å²) in [5, 5.41) is 9.95. The van der Waals surface area contributed by atoms with Crippen LogP contribution in [-0.2, 0) is 6.61 Å². The van der Waals surface area contributed by atoms with Crippen LogP contribution in [-0.4, -0.2) is 29.9 Å². The quantitative estimate of drug-likeness (QED) is 0.406. The summed E-state index contributed by atoms with van der Waals surface area (Å²) in [5.41, 5.74) is 0.281. The molecule has 6 nitrogen and oxygen atoms in total. The molecule has 1 N–H and O–H groups in total. The highest BCUT2D eigenvalue weighted by molar-refractivity contribution is 6.04. The molecule has 9 heteroatoms. The lowest BCUT2D eigenvalue weighted by Crippen LogP contribution is -2.06. The van der Waals surface area contributed by atoms with E-state index >= 15 is 4.39 Å². The van der Waals surface area contributed by atoms with Crippen LogP contribution in [0.4, 0.5) is 13.2 Å². The molecule has 0 aliphatic heterocycles. The lowest BCUT2D eigenvalue weighted by Gasteiger charge is -2.16. The van der Waals surface area contributed by atoms with Gasteiger partial charge in [-0.2, -0.15) is 0 Å². The number of hydrogen-bond donors (Lipinski definition) is 1. The molecule has 170 valence electrons. The van der Waals surface area contributed by atoms with E-state index in [4.69, 9.17) is 14.2 Å². The number of nitrogens with zero attached hydrogens (tertiary/aromatic N) is 1. The molecule has 0 amide bonds. The van der Waals surface area contributed by atoms with Gasteiger partial charge in [0, 0.05) is 23.7 Å². The van der Waals surface area contributed by atoms with Gasteiger partial charge in [0.1, 0.15) is 12.4 Å². The van der Waals surface area contributed by atoms with Crippen molar-refractivity contribution in [3.05, 3.63) is 83.3 Å². The highest BCUT2D eigenvalue weighted by Gasteiger charge is 2.21. The van der Waals surface area contributed by atoms with Gasteiger partial charge in [0.05, 0.1) is 36.6 Å². The molecule has 33 heavy (non-hydrogen) atoms. The number of carbonyl (C=O) groups is 1. The molecule has 0 fully saturated rings. The number of methoxy groups -OCH3 is 2. The molecule has 0 aliphatic carbocycles. The van der Waals surface area contributed by atoms with Crippen molar-refractivity contribution in [3.8, 4) is 22.9 Å². The van der Waals surface area contributed by atoms with Crippen LogP contribution in [0.15, 0.2) is 54.7 Å². The van der Waals surface area contributed by atoms with Gasteiger partial charge in [-0.25, -0.2) is 18.0 Å². The van der Waals surface area contributed by atoms with Crippen LogP contribution in [0.5, 0.6) is 17.2 Å². The van der Waals surface area contributed by atoms with E-state index in [-0.39, 0.29) is 34.1 Å². The monoisotopic (exact) mass is 457 g/mol. The van der Waals surface area contributed by atoms with E-state index in [1.165, 1.54) is 37.1 Å². The molecule has 3 aromatic carbocycles. The van der Waals surface area contributed by atoms with Gasteiger partial charge in [-0.15, -0.1) is 0 Å². The van der Waals surface area contributed by atoms with Crippen molar-refractivity contribution in [2.45, 2.75) is 6.61 Å². The van der Waals surface area contributed by atoms with Crippen molar-refractivity contribution < 1.29 is 37.3 Å². The molecular formula is C24H18F3NO5. The third kappa shape index (κ3) is 3.93. The number of rotatable bonds is 7. The SMILES string of the molecule is COc1cc(F)c(-n2cc(C(=O)O)c3ccccc32)cc1OCc1c(OC)ccc(F)c1F. The molecule has 1 aromatic heterocycles. The zero-order valence-electron chi connectivity index (χ0n) is 17.6. The summed E-state index contributed by atoms with van der Waals surface area (Å²) in [5.74, 6) is -3.93. The maximum absolute atomic E-state index is 15.0. The van der Waals surface area contributed by atoms with Crippen molar-refractivity contribution >= 4 is 16.9 Å². The van der Waals surface area contributed by atoms with Crippen LogP contribution in [0.3, 0.4) is 0 Å². The number of carboxylic acids is 1. The number of para-hydroxylation sites is 1. The third-order valence-corrected chi connectivity index (χ3v) is 5.18. The normalized spacial score (nSPS) is 10.9. The predicted molar refractivity (Wildman–Crippen MR) is 114 cm³/mol. The number of benzene rings is 3. The molecule has 4 aromatic rings. The van der Waals surface area contributed by atoms with Crippen LogP contribution in [0.2, 0.25) is 0 Å². The van der Waals surface area contributed by atoms with Crippen LogP contribution < -0.4 is 14.2 Å². The Bertz CT molecular complexity index is 1370. The lowest BCUT2D eigenvalue weighted by molar-refractivity contribution is 0.0699. The Balaban J connectivity index is 1.80. The third-order valence-electron chi connectivity index (χ3n) is 5.18. The molecule has 1 heterocycles. The van der Waals surface area contributed by atoms with Crippen molar-refractivity contribution in [2.24, 2.45) is 0 Å². The Hall–Kier alpha value is -4.14. The number of aromatic nitrogens is 1. The largest absolute Gasteiger partial charge is 0.496 e. The number of fused-ring (bicyclic) bond motifs is 1. The van der Waals surface area contributed by atoms with Gasteiger partial charge in [-0.05, 0) is 18.2 Å². The van der Waals surface area contributed by atoms with E-state index in [1.807, 2.05) is 0 Å². The molecule has 0 aliphatic rings. The van der Waals surface area contributed by atoms with Gasteiger partial charge in [-0.3, -0.25) is 0 Å². The number of carboxylic acid groups (broad SMARTS) is 1. The minimum atomic E-state index is -1.16. The van der Waals surface area contributed by atoms with Crippen molar-refractivity contribution in [1.29, 1.82) is 0 Å². The van der Waals surface area contributed by atoms with E-state index in [0.717, 1.165) is 12.1 Å². The van der Waals surface area contributed by atoms with E-state index in [1.54, 1.807) is 24.3 Å². The standard InChI is InChI=1S/C24H18F3NO5/c1-31-20-8-7-16(25)23(27)15(20)12-33-22-10-19(17(26)9-21(22)32-2)28-11-14(24(29)30)13-5-3-4-6-18(13)28/h3-11H,12H2,1-2H3,(H,29,30). The second-order valence-electron chi connectivity index (χ2n) is 7.02. The molecule has 0 radical (unpaired) electrons. The van der Waals surface area contributed by atoms with Crippen LogP contribution >= 0.6 is 0 Å². The summed E-state index contributed by atoms with van der Waals surface area (Å²) in [4.78, 5) is 11.7. The first-order chi connectivity index (χ1) is 15.8. The Kier molecular flexibility index (Phi) is 5.87. The van der Waals surface area contributed by atoms with E-state index < -0.39 is 30.0 Å². The van der Waals surface area contributed by atoms with Crippen LogP contribution in [0.1, 0.15) is 15.9 Å². The molecular weight excluding hydrogens is 439 g/mol. The predicted octanol–water partition coefficient (Wildman–Crippen LogP) is 5.34. The van der Waals surface area contributed by atoms with E-state index in [0.29, 0.717) is 10.9 Å². The molecule has 0 atom stereocenters. The van der Waals surface area contributed by atoms with Gasteiger partial charge in [0.25, 0.3) is 0 Å². The molecule has 0 saturated carbocycles. The molecule has 0 saturated heterocycles. The van der Waals surface area contributed by atoms with Gasteiger partial charge < -0.3 is 23.9 Å². The van der Waals surface area contributed by atoms with Gasteiger partial charge >= 0.3 is 5.97 Å². The van der Waals surface area contributed by atoms with Gasteiger partial charge in [0.15, 0.2) is 29.0 Å². The maximum atomic E-state index is 15.0. The summed E-state index contributed by atoms with van der Waals surface area (Å²) < 4.78 is 60.3. The minimum Gasteiger partial charge on any atom is -0.496 e. The molecule has 0 bridgehead atoms. The zero-order valence-corrected chi connectivity index (χ0v) is 17.6. The highest BCUT2D eigenvalue weighted by atomic mass is 19.2. The van der Waals surface area contributed by atoms with Crippen molar-refractivity contribution in [1.82, 2.24) is 4.57 Å². The summed E-state index contributed by atoms with van der Waals surface area (Å²) in [6.45, 7) is -0.430. The van der Waals surface area contributed by atoms with Crippen LogP contribution in [0, 0.1) is 17.5 Å². The smallest absolute Gasteiger partial charge is 0.337 e. The van der Waals surface area contributed by atoms with Gasteiger partial charge in [-0.1, -0.05) is 18.2 Å². The average molecular weight is 457 g/mol. The summed E-state index contributed by atoms with van der Waals surface area (Å²) >= 11 is 0. The van der Waals surface area contributed by atoms with Crippen molar-refractivity contribution in [3.63, 3.8) is 0 Å². The first kappa shape index (κ1) is 22.1. The summed E-state index contributed by atoms with van der Waals surface area (Å²) in [6, 6.07) is 11.2. The average Bonchev–Trinajstić information content (AvgIpc) is 3.20. The van der Waals surface area contributed by atoms with E-state index in [9.17, 15) is 18.7 Å². The highest BCUT2D eigenvalue weighted by Crippen LogP contribution is 2.36. The molecule has 4 rings (SSSR count). The number of hydrogen-bond acceptors (Lipinski definition) is 4. The fourth-order valence-electron chi connectivity index (χ4n) is 3.58. The Morgan fingerprint density at radius 2 is 1.67 bits per heavy atom. The summed E-state index contributed by atoms with van der Waals surface area (Å²) in [7, 11) is 2.61.